The van der Waals surface area contributed by atoms with Crippen LogP contribution in [0.4, 0.5) is 0 Å². The van der Waals surface area contributed by atoms with Crippen LogP contribution in [0.3, 0.4) is 0 Å². The highest BCUT2D eigenvalue weighted by molar-refractivity contribution is 5.10. The Kier molecular flexibility index (Phi) is 3.71. The zero-order valence-electron chi connectivity index (χ0n) is 15.4. The summed E-state index contributed by atoms with van der Waals surface area (Å²) in [5, 5.41) is 21.4. The quantitative estimate of drug-likeness (QED) is 0.745. The van der Waals surface area contributed by atoms with Crippen molar-refractivity contribution in [2.24, 2.45) is 34.5 Å². The van der Waals surface area contributed by atoms with Crippen molar-refractivity contribution in [3.63, 3.8) is 0 Å². The molecule has 0 aromatic carbocycles. The molecule has 4 aliphatic carbocycles. The fourth-order valence-electron chi connectivity index (χ4n) is 7.62. The lowest BCUT2D eigenvalue weighted by atomic mass is 9.44. The van der Waals surface area contributed by atoms with Gasteiger partial charge in [0.2, 0.25) is 0 Å². The SMILES string of the molecule is CC[C@@]1(O)CC[C@@]2(C)[C@H](CC[C@@H]3[C@@H]2CC[C@]2(C)[C@@H](O)CC[C@@H]32)C1. The third-order valence-electron chi connectivity index (χ3n) is 9.43. The molecule has 0 unspecified atom stereocenters. The van der Waals surface area contributed by atoms with Gasteiger partial charge >= 0.3 is 0 Å². The van der Waals surface area contributed by atoms with Gasteiger partial charge in [0, 0.05) is 0 Å². The Hall–Kier alpha value is -0.0800. The zero-order chi connectivity index (χ0) is 16.5. The van der Waals surface area contributed by atoms with Gasteiger partial charge in [0.25, 0.3) is 0 Å². The second kappa shape index (κ2) is 5.21. The fourth-order valence-corrected chi connectivity index (χ4v) is 7.62. The van der Waals surface area contributed by atoms with E-state index in [1.807, 2.05) is 0 Å². The maximum absolute atomic E-state index is 10.8. The minimum Gasteiger partial charge on any atom is -0.393 e. The standard InChI is InChI=1S/C21H36O2/c1-4-21(23)12-11-19(2)14(13-21)5-6-15-16-7-8-18(22)20(16,3)10-9-17(15)19/h14-18,22-23H,4-13H2,1-3H3/t14-,15+,16+,17+,18+,19+,20+,21-/m1/s1. The average molecular weight is 321 g/mol. The maximum Gasteiger partial charge on any atom is 0.0648 e. The molecule has 0 aliphatic heterocycles. The van der Waals surface area contributed by atoms with E-state index >= 15 is 0 Å². The molecule has 0 heterocycles. The van der Waals surface area contributed by atoms with E-state index in [-0.39, 0.29) is 17.1 Å². The first-order valence-corrected chi connectivity index (χ1v) is 10.2. The van der Waals surface area contributed by atoms with Crippen LogP contribution >= 0.6 is 0 Å². The number of hydrogen-bond donors (Lipinski definition) is 2. The van der Waals surface area contributed by atoms with Crippen molar-refractivity contribution >= 4 is 0 Å². The van der Waals surface area contributed by atoms with Crippen molar-refractivity contribution in [1.29, 1.82) is 0 Å². The predicted molar refractivity (Wildman–Crippen MR) is 93.0 cm³/mol. The fraction of sp³-hybridized carbons (Fsp3) is 1.00. The van der Waals surface area contributed by atoms with E-state index in [1.165, 1.54) is 38.5 Å². The molecule has 2 heteroatoms. The van der Waals surface area contributed by atoms with Gasteiger partial charge in [0.05, 0.1) is 11.7 Å². The first-order chi connectivity index (χ1) is 10.8. The number of hydrogen-bond acceptors (Lipinski definition) is 2. The Morgan fingerprint density at radius 1 is 0.870 bits per heavy atom. The van der Waals surface area contributed by atoms with Gasteiger partial charge in [-0.05, 0) is 98.7 Å². The van der Waals surface area contributed by atoms with Crippen molar-refractivity contribution in [3.8, 4) is 0 Å². The van der Waals surface area contributed by atoms with E-state index in [0.29, 0.717) is 5.41 Å². The van der Waals surface area contributed by atoms with Gasteiger partial charge in [-0.2, -0.15) is 0 Å². The van der Waals surface area contributed by atoms with Crippen LogP contribution in [0.5, 0.6) is 0 Å². The van der Waals surface area contributed by atoms with Crippen LogP contribution in [0.15, 0.2) is 0 Å². The molecule has 4 rings (SSSR count). The Labute approximate surface area is 142 Å². The van der Waals surface area contributed by atoms with Gasteiger partial charge in [-0.3, -0.25) is 0 Å². The third-order valence-corrected chi connectivity index (χ3v) is 9.43. The van der Waals surface area contributed by atoms with Crippen LogP contribution in [0.1, 0.15) is 85.0 Å². The highest BCUT2D eigenvalue weighted by Crippen LogP contribution is 2.66. The van der Waals surface area contributed by atoms with E-state index in [2.05, 4.69) is 20.8 Å². The maximum atomic E-state index is 10.8. The lowest BCUT2D eigenvalue weighted by Crippen LogP contribution is -2.56. The molecule has 23 heavy (non-hydrogen) atoms. The first-order valence-electron chi connectivity index (χ1n) is 10.2. The molecule has 4 fully saturated rings. The van der Waals surface area contributed by atoms with Crippen LogP contribution in [0, 0.1) is 34.5 Å². The topological polar surface area (TPSA) is 40.5 Å². The number of aliphatic hydroxyl groups excluding tert-OH is 1. The van der Waals surface area contributed by atoms with Crippen molar-refractivity contribution < 1.29 is 10.2 Å². The summed E-state index contributed by atoms with van der Waals surface area (Å²) in [6.07, 6.45) is 11.6. The summed E-state index contributed by atoms with van der Waals surface area (Å²) in [6, 6.07) is 0. The second-order valence-corrected chi connectivity index (χ2v) is 10.1. The largest absolute Gasteiger partial charge is 0.393 e. The summed E-state index contributed by atoms with van der Waals surface area (Å²) in [5.41, 5.74) is 0.256. The van der Waals surface area contributed by atoms with Gasteiger partial charge in [0.1, 0.15) is 0 Å². The molecular formula is C21H36O2. The summed E-state index contributed by atoms with van der Waals surface area (Å²) < 4.78 is 0. The van der Waals surface area contributed by atoms with Gasteiger partial charge < -0.3 is 10.2 Å². The molecule has 0 aromatic rings. The molecule has 0 saturated heterocycles. The van der Waals surface area contributed by atoms with Crippen molar-refractivity contribution in [1.82, 2.24) is 0 Å². The van der Waals surface area contributed by atoms with Crippen LogP contribution in [-0.4, -0.2) is 21.9 Å². The van der Waals surface area contributed by atoms with E-state index in [1.54, 1.807) is 0 Å². The van der Waals surface area contributed by atoms with Crippen LogP contribution in [0.2, 0.25) is 0 Å². The molecule has 132 valence electrons. The smallest absolute Gasteiger partial charge is 0.0648 e. The predicted octanol–water partition coefficient (Wildman–Crippen LogP) is 4.53. The monoisotopic (exact) mass is 320 g/mol. The number of aliphatic hydroxyl groups is 2. The molecule has 0 bridgehead atoms. The summed E-state index contributed by atoms with van der Waals surface area (Å²) in [5.74, 6) is 3.14. The lowest BCUT2D eigenvalue weighted by Gasteiger charge is -2.61. The highest BCUT2D eigenvalue weighted by atomic mass is 16.3. The summed E-state index contributed by atoms with van der Waals surface area (Å²) in [4.78, 5) is 0. The highest BCUT2D eigenvalue weighted by Gasteiger charge is 2.60. The van der Waals surface area contributed by atoms with Gasteiger partial charge in [-0.1, -0.05) is 20.8 Å². The second-order valence-electron chi connectivity index (χ2n) is 10.1. The molecule has 0 aromatic heterocycles. The Balaban J connectivity index is 1.60. The molecule has 2 nitrogen and oxygen atoms in total. The van der Waals surface area contributed by atoms with Gasteiger partial charge in [0.15, 0.2) is 0 Å². The Bertz CT molecular complexity index is 476. The van der Waals surface area contributed by atoms with Crippen LogP contribution in [0.25, 0.3) is 0 Å². The molecule has 0 radical (unpaired) electrons. The molecule has 0 amide bonds. The third kappa shape index (κ3) is 2.20. The lowest BCUT2D eigenvalue weighted by molar-refractivity contribution is -0.155. The number of rotatable bonds is 1. The molecular weight excluding hydrogens is 284 g/mol. The minimum absolute atomic E-state index is 0.0597. The van der Waals surface area contributed by atoms with E-state index in [4.69, 9.17) is 0 Å². The molecule has 4 aliphatic rings. The molecule has 8 atom stereocenters. The summed E-state index contributed by atoms with van der Waals surface area (Å²) >= 11 is 0. The van der Waals surface area contributed by atoms with Gasteiger partial charge in [-0.25, -0.2) is 0 Å². The molecule has 0 spiro atoms. The molecule has 4 saturated carbocycles. The summed E-state index contributed by atoms with van der Waals surface area (Å²) in [7, 11) is 0. The van der Waals surface area contributed by atoms with Crippen LogP contribution in [-0.2, 0) is 0 Å². The van der Waals surface area contributed by atoms with Crippen molar-refractivity contribution in [2.75, 3.05) is 0 Å². The average Bonchev–Trinajstić information content (AvgIpc) is 2.84. The van der Waals surface area contributed by atoms with Gasteiger partial charge in [-0.15, -0.1) is 0 Å². The number of fused-ring (bicyclic) bond motifs is 5. The summed E-state index contributed by atoms with van der Waals surface area (Å²) in [6.45, 7) is 7.08. The van der Waals surface area contributed by atoms with E-state index < -0.39 is 0 Å². The first kappa shape index (κ1) is 16.4. The zero-order valence-corrected chi connectivity index (χ0v) is 15.4. The normalized spacial score (nSPS) is 59.1. The van der Waals surface area contributed by atoms with Crippen molar-refractivity contribution in [3.05, 3.63) is 0 Å². The Morgan fingerprint density at radius 3 is 2.35 bits per heavy atom. The Morgan fingerprint density at radius 2 is 1.61 bits per heavy atom. The molecule has 2 N–H and O–H groups in total. The van der Waals surface area contributed by atoms with E-state index in [0.717, 1.165) is 49.4 Å². The van der Waals surface area contributed by atoms with Crippen LogP contribution < -0.4 is 0 Å². The minimum atomic E-state index is -0.385. The van der Waals surface area contributed by atoms with E-state index in [9.17, 15) is 10.2 Å². The van der Waals surface area contributed by atoms with Crippen molar-refractivity contribution in [2.45, 2.75) is 96.7 Å².